The third kappa shape index (κ3) is 9.33. The minimum Gasteiger partial charge on any atom is -0.491 e. The number of ether oxygens (including phenoxy) is 1. The molecule has 0 bridgehead atoms. The highest BCUT2D eigenvalue weighted by molar-refractivity contribution is 5.82. The number of aliphatic hydroxyl groups excluding tert-OH is 3. The van der Waals surface area contributed by atoms with Gasteiger partial charge in [0.15, 0.2) is 0 Å². The number of Topliss-reactive ketones (excluding diaryl/α,β-unsaturated/α-hetero) is 1. The normalized spacial score (nSPS) is 22.6. The number of hydroxylamine groups is 2. The van der Waals surface area contributed by atoms with Crippen LogP contribution in [-0.2, 0) is 29.3 Å². The Balaban J connectivity index is 1.60. The monoisotopic (exact) mass is 611 g/mol. The molecule has 9 heteroatoms. The van der Waals surface area contributed by atoms with Crippen molar-refractivity contribution >= 4 is 5.78 Å². The molecule has 2 aliphatic heterocycles. The predicted molar refractivity (Wildman–Crippen MR) is 171 cm³/mol. The summed E-state index contributed by atoms with van der Waals surface area (Å²) in [6, 6.07) is 16.2. The lowest BCUT2D eigenvalue weighted by molar-refractivity contribution is -0.180. The molecule has 2 aromatic rings. The van der Waals surface area contributed by atoms with E-state index < -0.39 is 24.2 Å². The SMILES string of the molecule is CC(=O)C1[C@H]([C@H](C)O)[C@H](CO)ON1Cc1cccc(CN(Cc2ccccc2OCCO)[C@@H](CC(C)C)CN2CCCC2)c1. The van der Waals surface area contributed by atoms with E-state index in [1.54, 1.807) is 12.0 Å². The highest BCUT2D eigenvalue weighted by atomic mass is 16.7. The zero-order valence-electron chi connectivity index (χ0n) is 27.0. The van der Waals surface area contributed by atoms with Gasteiger partial charge in [0.05, 0.1) is 19.3 Å². The van der Waals surface area contributed by atoms with E-state index in [1.165, 1.54) is 19.8 Å². The van der Waals surface area contributed by atoms with E-state index in [1.807, 2.05) is 30.3 Å². The number of likely N-dealkylation sites (tertiary alicyclic amines) is 1. The Morgan fingerprint density at radius 1 is 1.05 bits per heavy atom. The molecule has 2 saturated heterocycles. The molecular formula is C35H53N3O6. The maximum absolute atomic E-state index is 12.7. The molecule has 3 N–H and O–H groups in total. The number of rotatable bonds is 17. The molecule has 244 valence electrons. The van der Waals surface area contributed by atoms with Gasteiger partial charge in [-0.2, -0.15) is 5.06 Å². The molecular weight excluding hydrogens is 558 g/mol. The molecule has 0 amide bonds. The third-order valence-electron chi connectivity index (χ3n) is 8.87. The van der Waals surface area contributed by atoms with Crippen LogP contribution in [0, 0.1) is 11.8 Å². The van der Waals surface area contributed by atoms with Gasteiger partial charge in [-0.1, -0.05) is 56.3 Å². The highest BCUT2D eigenvalue weighted by Crippen LogP contribution is 2.33. The second-order valence-corrected chi connectivity index (χ2v) is 13.0. The average Bonchev–Trinajstić information content (AvgIpc) is 3.64. The van der Waals surface area contributed by atoms with Gasteiger partial charge in [0.1, 0.15) is 30.3 Å². The minimum absolute atomic E-state index is 0.0298. The van der Waals surface area contributed by atoms with E-state index in [9.17, 15) is 20.1 Å². The largest absolute Gasteiger partial charge is 0.491 e. The van der Waals surface area contributed by atoms with E-state index in [4.69, 9.17) is 9.57 Å². The molecule has 2 fully saturated rings. The Kier molecular flexibility index (Phi) is 13.2. The lowest BCUT2D eigenvalue weighted by atomic mass is 9.88. The van der Waals surface area contributed by atoms with Crippen LogP contribution in [0.15, 0.2) is 48.5 Å². The molecule has 1 unspecified atom stereocenters. The van der Waals surface area contributed by atoms with Crippen LogP contribution in [0.4, 0.5) is 0 Å². The molecule has 0 aliphatic carbocycles. The number of carbonyl (C=O) groups excluding carboxylic acids is 1. The Bertz CT molecular complexity index is 1170. The summed E-state index contributed by atoms with van der Waals surface area (Å²) in [6.07, 6.45) is 2.16. The van der Waals surface area contributed by atoms with Crippen molar-refractivity contribution < 1.29 is 29.7 Å². The van der Waals surface area contributed by atoms with Gasteiger partial charge in [0.25, 0.3) is 0 Å². The van der Waals surface area contributed by atoms with Crippen LogP contribution in [0.2, 0.25) is 0 Å². The molecule has 2 aromatic carbocycles. The molecule has 5 atom stereocenters. The molecule has 44 heavy (non-hydrogen) atoms. The predicted octanol–water partition coefficient (Wildman–Crippen LogP) is 3.63. The fraction of sp³-hybridized carbons (Fsp3) is 0.629. The quantitative estimate of drug-likeness (QED) is 0.247. The number of carbonyl (C=O) groups is 1. The summed E-state index contributed by atoms with van der Waals surface area (Å²) in [5.41, 5.74) is 3.26. The van der Waals surface area contributed by atoms with Crippen molar-refractivity contribution in [2.24, 2.45) is 11.8 Å². The summed E-state index contributed by atoms with van der Waals surface area (Å²) in [5.74, 6) is 0.758. The maximum atomic E-state index is 12.7. The van der Waals surface area contributed by atoms with Crippen molar-refractivity contribution in [3.8, 4) is 5.75 Å². The number of ketones is 1. The van der Waals surface area contributed by atoms with Crippen molar-refractivity contribution in [3.63, 3.8) is 0 Å². The van der Waals surface area contributed by atoms with Gasteiger partial charge >= 0.3 is 0 Å². The van der Waals surface area contributed by atoms with Crippen molar-refractivity contribution in [1.29, 1.82) is 0 Å². The van der Waals surface area contributed by atoms with Gasteiger partial charge in [0.2, 0.25) is 0 Å². The van der Waals surface area contributed by atoms with E-state index in [0.717, 1.165) is 55.0 Å². The Morgan fingerprint density at radius 3 is 2.43 bits per heavy atom. The molecule has 0 saturated carbocycles. The maximum Gasteiger partial charge on any atom is 0.149 e. The molecule has 4 rings (SSSR count). The first-order chi connectivity index (χ1) is 21.2. The number of nitrogens with zero attached hydrogens (tertiary/aromatic N) is 3. The fourth-order valence-corrected chi connectivity index (χ4v) is 6.90. The second-order valence-electron chi connectivity index (χ2n) is 13.0. The van der Waals surface area contributed by atoms with Crippen molar-refractivity contribution in [2.45, 2.75) is 90.9 Å². The zero-order chi connectivity index (χ0) is 31.6. The van der Waals surface area contributed by atoms with Gasteiger partial charge in [-0.15, -0.1) is 0 Å². The number of para-hydroxylation sites is 1. The highest BCUT2D eigenvalue weighted by Gasteiger charge is 2.47. The van der Waals surface area contributed by atoms with Crippen LogP contribution in [0.1, 0.15) is 63.6 Å². The number of hydrogen-bond acceptors (Lipinski definition) is 9. The summed E-state index contributed by atoms with van der Waals surface area (Å²) in [6.45, 7) is 12.8. The number of hydrogen-bond donors (Lipinski definition) is 3. The Morgan fingerprint density at radius 2 is 1.77 bits per heavy atom. The number of aliphatic hydroxyl groups is 3. The van der Waals surface area contributed by atoms with Crippen LogP contribution in [0.5, 0.6) is 5.75 Å². The summed E-state index contributed by atoms with van der Waals surface area (Å²) in [7, 11) is 0. The summed E-state index contributed by atoms with van der Waals surface area (Å²) >= 11 is 0. The molecule has 2 aliphatic rings. The summed E-state index contributed by atoms with van der Waals surface area (Å²) in [5, 5.41) is 31.3. The van der Waals surface area contributed by atoms with Crippen LogP contribution in [-0.4, -0.2) is 99.7 Å². The van der Waals surface area contributed by atoms with E-state index in [2.05, 4.69) is 41.8 Å². The first-order valence-electron chi connectivity index (χ1n) is 16.3. The molecule has 0 aromatic heterocycles. The third-order valence-corrected chi connectivity index (χ3v) is 8.87. The van der Waals surface area contributed by atoms with Crippen LogP contribution < -0.4 is 4.74 Å². The van der Waals surface area contributed by atoms with Crippen LogP contribution >= 0.6 is 0 Å². The molecule has 0 spiro atoms. The van der Waals surface area contributed by atoms with Crippen molar-refractivity contribution in [1.82, 2.24) is 14.9 Å². The zero-order valence-corrected chi connectivity index (χ0v) is 27.0. The molecule has 2 heterocycles. The standard InChI is InChI=1S/C35H53N3O6/c1-25(2)18-31(23-36-14-7-8-15-36)37(22-30-12-5-6-13-32(30)43-17-16-39)20-28-10-9-11-29(19-28)21-38-35(27(4)42)34(26(3)41)33(24-40)44-38/h5-6,9-13,19,25-26,31,33-35,39-41H,7-8,14-18,20-24H2,1-4H3/t26-,31-,33-,34+,35?/m0/s1. The average molecular weight is 612 g/mol. The lowest BCUT2D eigenvalue weighted by Crippen LogP contribution is -2.43. The van der Waals surface area contributed by atoms with E-state index >= 15 is 0 Å². The second kappa shape index (κ2) is 16.8. The molecule has 0 radical (unpaired) electrons. The van der Waals surface area contributed by atoms with Crippen LogP contribution in [0.25, 0.3) is 0 Å². The lowest BCUT2D eigenvalue weighted by Gasteiger charge is -2.36. The van der Waals surface area contributed by atoms with Crippen molar-refractivity contribution in [3.05, 3.63) is 65.2 Å². The minimum atomic E-state index is -0.788. The first-order valence-corrected chi connectivity index (χ1v) is 16.3. The van der Waals surface area contributed by atoms with E-state index in [-0.39, 0.29) is 25.6 Å². The molecule has 9 nitrogen and oxygen atoms in total. The Hall–Kier alpha value is -2.37. The summed E-state index contributed by atoms with van der Waals surface area (Å²) in [4.78, 5) is 23.8. The van der Waals surface area contributed by atoms with E-state index in [0.29, 0.717) is 25.0 Å². The van der Waals surface area contributed by atoms with Gasteiger partial charge in [-0.25, -0.2) is 0 Å². The van der Waals surface area contributed by atoms with Crippen LogP contribution in [0.3, 0.4) is 0 Å². The van der Waals surface area contributed by atoms with Gasteiger partial charge < -0.3 is 25.0 Å². The summed E-state index contributed by atoms with van der Waals surface area (Å²) < 4.78 is 5.93. The number of benzene rings is 2. The van der Waals surface area contributed by atoms with Gasteiger partial charge in [-0.3, -0.25) is 14.5 Å². The van der Waals surface area contributed by atoms with Gasteiger partial charge in [-0.05, 0) is 69.3 Å². The fourth-order valence-electron chi connectivity index (χ4n) is 6.90. The Labute approximate surface area is 263 Å². The van der Waals surface area contributed by atoms with Crippen molar-refractivity contribution in [2.75, 3.05) is 39.5 Å². The first kappa shape index (κ1) is 34.5. The smallest absolute Gasteiger partial charge is 0.149 e. The topological polar surface area (TPSA) is 106 Å². The van der Waals surface area contributed by atoms with Gasteiger partial charge in [0, 0.05) is 43.7 Å².